The van der Waals surface area contributed by atoms with Gasteiger partial charge in [-0.15, -0.1) is 0 Å². The maximum Gasteiger partial charge on any atom is 0.416 e. The Labute approximate surface area is 119 Å². The SMILES string of the molecule is CN(Cc1cn[nH]c1)C(=O)Cc1ccc(C(F)(F)F)cc1. The van der Waals surface area contributed by atoms with E-state index in [-0.39, 0.29) is 12.3 Å². The molecular formula is C14H14F3N3O. The number of halogens is 3. The van der Waals surface area contributed by atoms with Gasteiger partial charge in [0.1, 0.15) is 0 Å². The predicted octanol–water partition coefficient (Wildman–Crippen LogP) is 2.63. The average Bonchev–Trinajstić information content (AvgIpc) is 2.91. The van der Waals surface area contributed by atoms with Crippen molar-refractivity contribution in [2.75, 3.05) is 7.05 Å². The summed E-state index contributed by atoms with van der Waals surface area (Å²) in [6, 6.07) is 4.62. The molecule has 2 rings (SSSR count). The van der Waals surface area contributed by atoms with Gasteiger partial charge in [-0.05, 0) is 17.7 Å². The molecule has 0 spiro atoms. The number of hydrogen-bond donors (Lipinski definition) is 1. The van der Waals surface area contributed by atoms with E-state index < -0.39 is 11.7 Å². The Kier molecular flexibility index (Phi) is 4.30. The molecule has 0 aliphatic carbocycles. The van der Waals surface area contributed by atoms with Gasteiger partial charge in [-0.1, -0.05) is 12.1 Å². The molecule has 21 heavy (non-hydrogen) atoms. The highest BCUT2D eigenvalue weighted by molar-refractivity contribution is 5.78. The van der Waals surface area contributed by atoms with Gasteiger partial charge in [0.05, 0.1) is 18.2 Å². The van der Waals surface area contributed by atoms with Crippen LogP contribution in [0.15, 0.2) is 36.7 Å². The molecule has 1 aromatic heterocycles. The van der Waals surface area contributed by atoms with Gasteiger partial charge in [0.2, 0.25) is 5.91 Å². The summed E-state index contributed by atoms with van der Waals surface area (Å²) in [6.07, 6.45) is -1.00. The highest BCUT2D eigenvalue weighted by Crippen LogP contribution is 2.29. The molecule has 1 N–H and O–H groups in total. The molecule has 0 bridgehead atoms. The van der Waals surface area contributed by atoms with Gasteiger partial charge in [0, 0.05) is 25.4 Å². The largest absolute Gasteiger partial charge is 0.416 e. The smallest absolute Gasteiger partial charge is 0.341 e. The Morgan fingerprint density at radius 1 is 1.24 bits per heavy atom. The van der Waals surface area contributed by atoms with E-state index >= 15 is 0 Å². The van der Waals surface area contributed by atoms with Crippen molar-refractivity contribution in [1.82, 2.24) is 15.1 Å². The normalized spacial score (nSPS) is 11.4. The fourth-order valence-electron chi connectivity index (χ4n) is 1.85. The van der Waals surface area contributed by atoms with Crippen molar-refractivity contribution in [3.8, 4) is 0 Å². The van der Waals surface area contributed by atoms with Crippen LogP contribution in [0.4, 0.5) is 13.2 Å². The summed E-state index contributed by atoms with van der Waals surface area (Å²) in [6.45, 7) is 0.399. The third kappa shape index (κ3) is 4.08. The van der Waals surface area contributed by atoms with Crippen molar-refractivity contribution >= 4 is 5.91 Å². The van der Waals surface area contributed by atoms with E-state index in [1.165, 1.54) is 17.0 Å². The molecule has 1 amide bonds. The van der Waals surface area contributed by atoms with Gasteiger partial charge >= 0.3 is 6.18 Å². The highest BCUT2D eigenvalue weighted by atomic mass is 19.4. The molecule has 0 saturated carbocycles. The fourth-order valence-corrected chi connectivity index (χ4v) is 1.85. The van der Waals surface area contributed by atoms with Gasteiger partial charge in [0.25, 0.3) is 0 Å². The molecule has 4 nitrogen and oxygen atoms in total. The number of alkyl halides is 3. The van der Waals surface area contributed by atoms with E-state index in [2.05, 4.69) is 10.2 Å². The van der Waals surface area contributed by atoms with Crippen LogP contribution in [0.5, 0.6) is 0 Å². The molecule has 0 atom stereocenters. The van der Waals surface area contributed by atoms with Crippen molar-refractivity contribution in [2.45, 2.75) is 19.1 Å². The van der Waals surface area contributed by atoms with Crippen LogP contribution in [0.1, 0.15) is 16.7 Å². The third-order valence-corrected chi connectivity index (χ3v) is 3.04. The second-order valence-corrected chi connectivity index (χ2v) is 4.73. The maximum atomic E-state index is 12.4. The first kappa shape index (κ1) is 15.1. The van der Waals surface area contributed by atoms with Crippen molar-refractivity contribution < 1.29 is 18.0 Å². The van der Waals surface area contributed by atoms with Crippen LogP contribution in [-0.2, 0) is 23.9 Å². The van der Waals surface area contributed by atoms with Crippen LogP contribution >= 0.6 is 0 Å². The molecule has 0 radical (unpaired) electrons. The van der Waals surface area contributed by atoms with Gasteiger partial charge in [0.15, 0.2) is 0 Å². The zero-order valence-electron chi connectivity index (χ0n) is 11.3. The Balaban J connectivity index is 1.96. The van der Waals surface area contributed by atoms with E-state index in [0.29, 0.717) is 12.1 Å². The number of carbonyl (C=O) groups is 1. The van der Waals surface area contributed by atoms with Crippen molar-refractivity contribution in [2.24, 2.45) is 0 Å². The van der Waals surface area contributed by atoms with Crippen molar-refractivity contribution in [3.63, 3.8) is 0 Å². The molecule has 1 aromatic carbocycles. The lowest BCUT2D eigenvalue weighted by molar-refractivity contribution is -0.137. The molecular weight excluding hydrogens is 283 g/mol. The summed E-state index contributed by atoms with van der Waals surface area (Å²) < 4.78 is 37.3. The number of likely N-dealkylation sites (N-methyl/N-ethyl adjacent to an activating group) is 1. The Hall–Kier alpha value is -2.31. The van der Waals surface area contributed by atoms with E-state index in [9.17, 15) is 18.0 Å². The van der Waals surface area contributed by atoms with Crippen molar-refractivity contribution in [1.29, 1.82) is 0 Å². The summed E-state index contributed by atoms with van der Waals surface area (Å²) in [5, 5.41) is 6.43. The number of benzene rings is 1. The van der Waals surface area contributed by atoms with Crippen LogP contribution in [0.3, 0.4) is 0 Å². The highest BCUT2D eigenvalue weighted by Gasteiger charge is 2.30. The summed E-state index contributed by atoms with van der Waals surface area (Å²) in [7, 11) is 1.64. The van der Waals surface area contributed by atoms with E-state index in [4.69, 9.17) is 0 Å². The third-order valence-electron chi connectivity index (χ3n) is 3.04. The number of hydrogen-bond acceptors (Lipinski definition) is 2. The second-order valence-electron chi connectivity index (χ2n) is 4.73. The van der Waals surface area contributed by atoms with Gasteiger partial charge in [-0.25, -0.2) is 0 Å². The first-order valence-electron chi connectivity index (χ1n) is 6.24. The van der Waals surface area contributed by atoms with Crippen LogP contribution in [0.2, 0.25) is 0 Å². The molecule has 112 valence electrons. The number of H-pyrrole nitrogens is 1. The summed E-state index contributed by atoms with van der Waals surface area (Å²) in [5.41, 5.74) is 0.691. The van der Waals surface area contributed by atoms with Gasteiger partial charge in [-0.3, -0.25) is 9.89 Å². The zero-order valence-corrected chi connectivity index (χ0v) is 11.3. The van der Waals surface area contributed by atoms with Crippen LogP contribution in [0, 0.1) is 0 Å². The van der Waals surface area contributed by atoms with E-state index in [1.807, 2.05) is 0 Å². The molecule has 2 aromatic rings. The molecule has 0 fully saturated rings. The number of nitrogens with one attached hydrogen (secondary N) is 1. The number of rotatable bonds is 4. The molecule has 0 saturated heterocycles. The van der Waals surface area contributed by atoms with Crippen LogP contribution in [-0.4, -0.2) is 28.1 Å². The Morgan fingerprint density at radius 3 is 2.43 bits per heavy atom. The number of amides is 1. The van der Waals surface area contributed by atoms with E-state index in [0.717, 1.165) is 17.7 Å². The monoisotopic (exact) mass is 297 g/mol. The molecule has 7 heteroatoms. The maximum absolute atomic E-state index is 12.4. The second kappa shape index (κ2) is 5.99. The standard InChI is InChI=1S/C14H14F3N3O/c1-20(9-11-7-18-19-8-11)13(21)6-10-2-4-12(5-3-10)14(15,16)17/h2-5,7-8H,6,9H2,1H3,(H,18,19). The number of aromatic nitrogens is 2. The quantitative estimate of drug-likeness (QED) is 0.943. The minimum atomic E-state index is -4.36. The summed E-state index contributed by atoms with van der Waals surface area (Å²) >= 11 is 0. The summed E-state index contributed by atoms with van der Waals surface area (Å²) in [5.74, 6) is -0.170. The minimum Gasteiger partial charge on any atom is -0.341 e. The van der Waals surface area contributed by atoms with Gasteiger partial charge < -0.3 is 4.90 Å². The number of carbonyl (C=O) groups excluding carboxylic acids is 1. The molecule has 0 unspecified atom stereocenters. The number of nitrogens with zero attached hydrogens (tertiary/aromatic N) is 2. The minimum absolute atomic E-state index is 0.0620. The first-order valence-corrected chi connectivity index (χ1v) is 6.24. The summed E-state index contributed by atoms with van der Waals surface area (Å²) in [4.78, 5) is 13.5. The first-order chi connectivity index (χ1) is 9.86. The lowest BCUT2D eigenvalue weighted by atomic mass is 10.1. The lowest BCUT2D eigenvalue weighted by Gasteiger charge is -2.16. The Bertz CT molecular complexity index is 591. The van der Waals surface area contributed by atoms with Crippen LogP contribution in [0.25, 0.3) is 0 Å². The fraction of sp³-hybridized carbons (Fsp3) is 0.286. The van der Waals surface area contributed by atoms with Gasteiger partial charge in [-0.2, -0.15) is 18.3 Å². The van der Waals surface area contributed by atoms with E-state index in [1.54, 1.807) is 19.4 Å². The molecule has 0 aliphatic rings. The lowest BCUT2D eigenvalue weighted by Crippen LogP contribution is -2.27. The predicted molar refractivity (Wildman–Crippen MR) is 70.2 cm³/mol. The van der Waals surface area contributed by atoms with Crippen LogP contribution < -0.4 is 0 Å². The Morgan fingerprint density at radius 2 is 1.90 bits per heavy atom. The number of aromatic amines is 1. The topological polar surface area (TPSA) is 49.0 Å². The molecule has 0 aliphatic heterocycles. The molecule has 1 heterocycles. The average molecular weight is 297 g/mol. The van der Waals surface area contributed by atoms with Crippen molar-refractivity contribution in [3.05, 3.63) is 53.3 Å². The zero-order chi connectivity index (χ0) is 15.5.